The molecule has 3 nitrogen and oxygen atoms in total. The van der Waals surface area contributed by atoms with E-state index in [4.69, 9.17) is 10.8 Å². The molecule has 1 atom stereocenters. The molecule has 0 amide bonds. The molecule has 0 aliphatic heterocycles. The van der Waals surface area contributed by atoms with Crippen LogP contribution in [0.15, 0.2) is 24.3 Å². The second-order valence-electron chi connectivity index (χ2n) is 8.49. The van der Waals surface area contributed by atoms with E-state index in [1.165, 1.54) is 81.8 Å². The molecule has 0 heterocycles. The molecule has 0 aliphatic rings. The molecular formula is C25H43NO2. The van der Waals surface area contributed by atoms with Crippen LogP contribution in [0.1, 0.15) is 102 Å². The van der Waals surface area contributed by atoms with Crippen LogP contribution in [-0.2, 0) is 17.6 Å². The lowest BCUT2D eigenvalue weighted by atomic mass is 9.98. The largest absolute Gasteiger partial charge is 0.481 e. The Hall–Kier alpha value is -1.35. The fourth-order valence-corrected chi connectivity index (χ4v) is 3.82. The van der Waals surface area contributed by atoms with Crippen molar-refractivity contribution in [3.63, 3.8) is 0 Å². The number of hydrogen-bond acceptors (Lipinski definition) is 2. The maximum Gasteiger partial charge on any atom is 0.303 e. The van der Waals surface area contributed by atoms with Gasteiger partial charge in [0.2, 0.25) is 0 Å². The number of aryl methyl sites for hydroxylation is 2. The maximum absolute atomic E-state index is 10.6. The summed E-state index contributed by atoms with van der Waals surface area (Å²) in [4.78, 5) is 10.6. The lowest BCUT2D eigenvalue weighted by molar-refractivity contribution is -0.138. The van der Waals surface area contributed by atoms with E-state index in [-0.39, 0.29) is 0 Å². The minimum Gasteiger partial charge on any atom is -0.481 e. The zero-order valence-corrected chi connectivity index (χ0v) is 18.1. The number of benzene rings is 1. The van der Waals surface area contributed by atoms with Gasteiger partial charge in [0, 0.05) is 6.42 Å². The summed E-state index contributed by atoms with van der Waals surface area (Å²) in [5.41, 5.74) is 8.44. The highest BCUT2D eigenvalue weighted by Crippen LogP contribution is 2.16. The van der Waals surface area contributed by atoms with Gasteiger partial charge in [0.05, 0.1) is 0 Å². The molecule has 0 radical (unpaired) electrons. The highest BCUT2D eigenvalue weighted by atomic mass is 16.4. The van der Waals surface area contributed by atoms with Gasteiger partial charge in [-0.25, -0.2) is 0 Å². The fraction of sp³-hybridized carbons (Fsp3) is 0.720. The molecule has 160 valence electrons. The normalized spacial score (nSPS) is 12.2. The Morgan fingerprint density at radius 3 is 1.68 bits per heavy atom. The topological polar surface area (TPSA) is 63.3 Å². The predicted octanol–water partition coefficient (Wildman–Crippen LogP) is 6.52. The number of aliphatic carboxylic acids is 1. The molecule has 28 heavy (non-hydrogen) atoms. The van der Waals surface area contributed by atoms with E-state index in [9.17, 15) is 4.79 Å². The van der Waals surface area contributed by atoms with E-state index in [1.54, 1.807) is 0 Å². The summed E-state index contributed by atoms with van der Waals surface area (Å²) < 4.78 is 0. The second kappa shape index (κ2) is 16.6. The van der Waals surface area contributed by atoms with E-state index in [1.807, 2.05) is 6.92 Å². The molecule has 1 aromatic rings. The molecule has 3 N–H and O–H groups in total. The van der Waals surface area contributed by atoms with Crippen LogP contribution in [0.2, 0.25) is 0 Å². The zero-order chi connectivity index (χ0) is 20.5. The molecule has 3 heteroatoms. The molecule has 1 aromatic carbocycles. The smallest absolute Gasteiger partial charge is 0.303 e. The summed E-state index contributed by atoms with van der Waals surface area (Å²) in [6.07, 6.45) is 17.9. The molecule has 0 fully saturated rings. The first kappa shape index (κ1) is 24.7. The molecule has 0 saturated heterocycles. The highest BCUT2D eigenvalue weighted by molar-refractivity contribution is 5.66. The maximum atomic E-state index is 10.6. The lowest BCUT2D eigenvalue weighted by Gasteiger charge is -2.08. The number of unbranched alkanes of at least 4 members (excludes halogenated alkanes) is 9. The zero-order valence-electron chi connectivity index (χ0n) is 18.1. The van der Waals surface area contributed by atoms with Crippen LogP contribution in [-0.4, -0.2) is 17.6 Å². The number of hydrogen-bond donors (Lipinski definition) is 2. The molecule has 0 saturated carbocycles. The third kappa shape index (κ3) is 13.8. The third-order valence-electron chi connectivity index (χ3n) is 5.63. The molecule has 0 aliphatic carbocycles. The van der Waals surface area contributed by atoms with Crippen LogP contribution in [0.4, 0.5) is 0 Å². The van der Waals surface area contributed by atoms with E-state index >= 15 is 0 Å². The lowest BCUT2D eigenvalue weighted by Crippen LogP contribution is -2.03. The number of nitrogens with two attached hydrogens (primary N) is 1. The molecule has 0 bridgehead atoms. The summed E-state index contributed by atoms with van der Waals surface area (Å²) in [7, 11) is 0. The van der Waals surface area contributed by atoms with Gasteiger partial charge >= 0.3 is 5.97 Å². The van der Waals surface area contributed by atoms with Gasteiger partial charge in [0.15, 0.2) is 0 Å². The highest BCUT2D eigenvalue weighted by Gasteiger charge is 2.06. The number of carbonyl (C=O) groups is 1. The number of carboxylic acid groups (broad SMARTS) is 1. The van der Waals surface area contributed by atoms with Crippen molar-refractivity contribution in [2.75, 3.05) is 6.54 Å². The Labute approximate surface area is 173 Å². The van der Waals surface area contributed by atoms with E-state index in [0.717, 1.165) is 25.8 Å². The van der Waals surface area contributed by atoms with Gasteiger partial charge in [-0.2, -0.15) is 0 Å². The Bertz CT molecular complexity index is 498. The van der Waals surface area contributed by atoms with Crippen LogP contribution < -0.4 is 5.73 Å². The quantitative estimate of drug-likeness (QED) is 0.281. The molecule has 1 unspecified atom stereocenters. The Balaban J connectivity index is 1.87. The summed E-state index contributed by atoms with van der Waals surface area (Å²) in [6, 6.07) is 9.10. The van der Waals surface area contributed by atoms with E-state index in [2.05, 4.69) is 24.3 Å². The third-order valence-corrected chi connectivity index (χ3v) is 5.63. The summed E-state index contributed by atoms with van der Waals surface area (Å²) >= 11 is 0. The van der Waals surface area contributed by atoms with E-state index < -0.39 is 5.97 Å². The second-order valence-corrected chi connectivity index (χ2v) is 8.49. The van der Waals surface area contributed by atoms with Crippen molar-refractivity contribution in [1.82, 2.24) is 0 Å². The minimum absolute atomic E-state index is 0.320. The van der Waals surface area contributed by atoms with E-state index in [0.29, 0.717) is 12.3 Å². The van der Waals surface area contributed by atoms with Crippen LogP contribution in [0.5, 0.6) is 0 Å². The molecule has 0 aromatic heterocycles. The summed E-state index contributed by atoms with van der Waals surface area (Å²) in [5, 5.41) is 8.75. The number of rotatable bonds is 18. The summed E-state index contributed by atoms with van der Waals surface area (Å²) in [6.45, 7) is 2.82. The Kier molecular flexibility index (Phi) is 14.6. The van der Waals surface area contributed by atoms with Crippen LogP contribution in [0.3, 0.4) is 0 Å². The average Bonchev–Trinajstić information content (AvgIpc) is 2.67. The van der Waals surface area contributed by atoms with Crippen molar-refractivity contribution in [3.05, 3.63) is 35.4 Å². The first-order valence-corrected chi connectivity index (χ1v) is 11.6. The standard InChI is InChI=1S/C25H43NO2/c1-22(21-25(27)28)13-10-8-6-4-2-3-5-7-9-11-14-23-16-18-24(19-17-23)15-12-20-26/h16-19,22H,2-15,20-21,26H2,1H3,(H,27,28). The van der Waals surface area contributed by atoms with Gasteiger partial charge in [-0.1, -0.05) is 95.4 Å². The molecular weight excluding hydrogens is 346 g/mol. The van der Waals surface area contributed by atoms with Gasteiger partial charge in [-0.05, 0) is 49.3 Å². The SMILES string of the molecule is CC(CCCCCCCCCCCCc1ccc(CCCN)cc1)CC(=O)O. The van der Waals surface area contributed by atoms with Gasteiger partial charge in [-0.3, -0.25) is 4.79 Å². The van der Waals surface area contributed by atoms with Crippen LogP contribution >= 0.6 is 0 Å². The van der Waals surface area contributed by atoms with Crippen LogP contribution in [0, 0.1) is 5.92 Å². The van der Waals surface area contributed by atoms with Gasteiger partial charge in [0.25, 0.3) is 0 Å². The van der Waals surface area contributed by atoms with Crippen molar-refractivity contribution < 1.29 is 9.90 Å². The Morgan fingerprint density at radius 2 is 1.21 bits per heavy atom. The predicted molar refractivity (Wildman–Crippen MR) is 120 cm³/mol. The van der Waals surface area contributed by atoms with Crippen molar-refractivity contribution in [2.45, 2.75) is 103 Å². The first-order valence-electron chi connectivity index (χ1n) is 11.6. The first-order chi connectivity index (χ1) is 13.6. The minimum atomic E-state index is -0.663. The number of carboxylic acids is 1. The van der Waals surface area contributed by atoms with Gasteiger partial charge < -0.3 is 10.8 Å². The molecule has 0 spiro atoms. The van der Waals surface area contributed by atoms with Gasteiger partial charge in [-0.15, -0.1) is 0 Å². The molecule has 1 rings (SSSR count). The van der Waals surface area contributed by atoms with Crippen molar-refractivity contribution in [3.8, 4) is 0 Å². The van der Waals surface area contributed by atoms with Gasteiger partial charge in [0.1, 0.15) is 0 Å². The van der Waals surface area contributed by atoms with Crippen molar-refractivity contribution in [2.24, 2.45) is 11.7 Å². The van der Waals surface area contributed by atoms with Crippen molar-refractivity contribution >= 4 is 5.97 Å². The average molecular weight is 390 g/mol. The van der Waals surface area contributed by atoms with Crippen LogP contribution in [0.25, 0.3) is 0 Å². The fourth-order valence-electron chi connectivity index (χ4n) is 3.82. The summed E-state index contributed by atoms with van der Waals surface area (Å²) in [5.74, 6) is -0.338. The monoisotopic (exact) mass is 389 g/mol. The van der Waals surface area contributed by atoms with Crippen molar-refractivity contribution in [1.29, 1.82) is 0 Å². The Morgan fingerprint density at radius 1 is 0.786 bits per heavy atom.